The van der Waals surface area contributed by atoms with E-state index in [4.69, 9.17) is 0 Å². The van der Waals surface area contributed by atoms with E-state index >= 15 is 0 Å². The summed E-state index contributed by atoms with van der Waals surface area (Å²) in [5.41, 5.74) is 0.0838. The second kappa shape index (κ2) is 10.2. The van der Waals surface area contributed by atoms with Gasteiger partial charge in [-0.05, 0) is 6.42 Å². The Balaban J connectivity index is 1.86. The molecule has 0 fully saturated rings. The van der Waals surface area contributed by atoms with E-state index in [1.165, 1.54) is 55.9 Å². The zero-order valence-electron chi connectivity index (χ0n) is 16.4. The summed E-state index contributed by atoms with van der Waals surface area (Å²) >= 11 is 0. The summed E-state index contributed by atoms with van der Waals surface area (Å²) < 4.78 is 3.27. The lowest BCUT2D eigenvalue weighted by Gasteiger charge is -2.08. The van der Waals surface area contributed by atoms with Crippen LogP contribution < -0.4 is 16.6 Å². The highest BCUT2D eigenvalue weighted by Gasteiger charge is 2.16. The van der Waals surface area contributed by atoms with Crippen LogP contribution in [0.25, 0.3) is 11.2 Å². The lowest BCUT2D eigenvalue weighted by atomic mass is 10.1. The first kappa shape index (κ1) is 20.3. The Morgan fingerprint density at radius 1 is 0.962 bits per heavy atom. The van der Waals surface area contributed by atoms with Gasteiger partial charge in [-0.3, -0.25) is 14.3 Å². The van der Waals surface area contributed by atoms with E-state index < -0.39 is 5.69 Å². The Bertz CT molecular complexity index is 803. The van der Waals surface area contributed by atoms with Crippen molar-refractivity contribution in [2.24, 2.45) is 7.05 Å². The summed E-state index contributed by atoms with van der Waals surface area (Å²) in [6, 6.07) is 0. The van der Waals surface area contributed by atoms with E-state index in [0.29, 0.717) is 17.1 Å². The van der Waals surface area contributed by atoms with Crippen molar-refractivity contribution in [1.29, 1.82) is 0 Å². The number of aromatic nitrogens is 4. The molecule has 2 aromatic rings. The Morgan fingerprint density at radius 3 is 2.12 bits per heavy atom. The minimum absolute atomic E-state index is 0.371. The number of aromatic amines is 1. The van der Waals surface area contributed by atoms with Gasteiger partial charge in [-0.15, -0.1) is 0 Å². The molecule has 0 atom stereocenters. The molecule has 0 aliphatic rings. The SMILES string of the molecule is CCCCCCCCCCCCn1c(NC)nc2c1c(=O)[nH]c(=O)n2C. The average Bonchev–Trinajstić information content (AvgIpc) is 3.00. The molecule has 0 amide bonds. The Morgan fingerprint density at radius 2 is 1.54 bits per heavy atom. The van der Waals surface area contributed by atoms with Gasteiger partial charge >= 0.3 is 5.69 Å². The molecule has 2 rings (SSSR count). The summed E-state index contributed by atoms with van der Waals surface area (Å²) in [6.07, 6.45) is 12.7. The van der Waals surface area contributed by atoms with E-state index in [0.717, 1.165) is 19.4 Å². The molecule has 0 aromatic carbocycles. The Hall–Kier alpha value is -2.05. The first-order valence-electron chi connectivity index (χ1n) is 9.97. The molecule has 0 saturated heterocycles. The van der Waals surface area contributed by atoms with Gasteiger partial charge in [-0.25, -0.2) is 4.79 Å². The maximum absolute atomic E-state index is 12.2. The highest BCUT2D eigenvalue weighted by molar-refractivity contribution is 5.74. The molecule has 0 bridgehead atoms. The maximum Gasteiger partial charge on any atom is 0.329 e. The molecule has 0 spiro atoms. The fraction of sp³-hybridized carbons (Fsp3) is 0.737. The Kier molecular flexibility index (Phi) is 7.94. The van der Waals surface area contributed by atoms with Crippen molar-refractivity contribution < 1.29 is 0 Å². The van der Waals surface area contributed by atoms with Crippen molar-refractivity contribution in [3.05, 3.63) is 20.8 Å². The van der Waals surface area contributed by atoms with Gasteiger partial charge in [0.15, 0.2) is 11.2 Å². The molecule has 2 heterocycles. The molecule has 0 aliphatic carbocycles. The van der Waals surface area contributed by atoms with Crippen LogP contribution in [-0.2, 0) is 13.6 Å². The highest BCUT2D eigenvalue weighted by atomic mass is 16.2. The lowest BCUT2D eigenvalue weighted by Crippen LogP contribution is -2.29. The molecule has 0 aliphatic heterocycles. The number of rotatable bonds is 12. The van der Waals surface area contributed by atoms with Gasteiger partial charge in [0.05, 0.1) is 0 Å². The second-order valence-corrected chi connectivity index (χ2v) is 7.01. The van der Waals surface area contributed by atoms with Crippen molar-refractivity contribution in [3.8, 4) is 0 Å². The van der Waals surface area contributed by atoms with Crippen molar-refractivity contribution in [2.45, 2.75) is 77.7 Å². The van der Waals surface area contributed by atoms with Gasteiger partial charge in [0.25, 0.3) is 5.56 Å². The standard InChI is InChI=1S/C19H33N5O2/c1-4-5-6-7-8-9-10-11-12-13-14-24-15-16(21-18(24)20-2)23(3)19(26)22-17(15)25/h4-14H2,1-3H3,(H,20,21)(H,22,25,26). The van der Waals surface area contributed by atoms with E-state index in [1.54, 1.807) is 14.1 Å². The highest BCUT2D eigenvalue weighted by Crippen LogP contribution is 2.17. The van der Waals surface area contributed by atoms with Gasteiger partial charge in [-0.1, -0.05) is 64.7 Å². The second-order valence-electron chi connectivity index (χ2n) is 7.01. The van der Waals surface area contributed by atoms with Gasteiger partial charge in [0, 0.05) is 20.6 Å². The van der Waals surface area contributed by atoms with Crippen LogP contribution >= 0.6 is 0 Å². The summed E-state index contributed by atoms with van der Waals surface area (Å²) in [7, 11) is 3.40. The topological polar surface area (TPSA) is 84.7 Å². The number of fused-ring (bicyclic) bond motifs is 1. The van der Waals surface area contributed by atoms with Gasteiger partial charge < -0.3 is 9.88 Å². The quantitative estimate of drug-likeness (QED) is 0.566. The van der Waals surface area contributed by atoms with Crippen molar-refractivity contribution >= 4 is 17.1 Å². The van der Waals surface area contributed by atoms with Crippen LogP contribution in [0.1, 0.15) is 71.1 Å². The molecule has 0 radical (unpaired) electrons. The monoisotopic (exact) mass is 363 g/mol. The molecule has 7 heteroatoms. The summed E-state index contributed by atoms with van der Waals surface area (Å²) in [5.74, 6) is 0.627. The third-order valence-corrected chi connectivity index (χ3v) is 4.97. The van der Waals surface area contributed by atoms with E-state index in [1.807, 2.05) is 4.57 Å². The predicted octanol–water partition coefficient (Wildman–Crippen LogP) is 3.39. The minimum Gasteiger partial charge on any atom is -0.359 e. The average molecular weight is 364 g/mol. The molecule has 2 N–H and O–H groups in total. The first-order valence-corrected chi connectivity index (χ1v) is 9.97. The molecule has 146 valence electrons. The maximum atomic E-state index is 12.2. The number of nitrogens with zero attached hydrogens (tertiary/aromatic N) is 3. The zero-order valence-corrected chi connectivity index (χ0v) is 16.4. The van der Waals surface area contributed by atoms with E-state index in [-0.39, 0.29) is 5.56 Å². The van der Waals surface area contributed by atoms with Crippen molar-refractivity contribution in [3.63, 3.8) is 0 Å². The minimum atomic E-state index is -0.436. The van der Waals surface area contributed by atoms with E-state index in [2.05, 4.69) is 22.2 Å². The fourth-order valence-corrected chi connectivity index (χ4v) is 3.40. The molecular weight excluding hydrogens is 330 g/mol. The number of imidazole rings is 1. The summed E-state index contributed by atoms with van der Waals surface area (Å²) in [6.45, 7) is 2.97. The van der Waals surface area contributed by atoms with Crippen LogP contribution in [0.3, 0.4) is 0 Å². The number of anilines is 1. The molecule has 7 nitrogen and oxygen atoms in total. The number of nitrogens with one attached hydrogen (secondary N) is 2. The van der Waals surface area contributed by atoms with Gasteiger partial charge in [0.2, 0.25) is 5.95 Å². The smallest absolute Gasteiger partial charge is 0.329 e. The summed E-state index contributed by atoms with van der Waals surface area (Å²) in [4.78, 5) is 30.7. The molecule has 0 unspecified atom stereocenters. The Labute approximate surface area is 154 Å². The third-order valence-electron chi connectivity index (χ3n) is 4.97. The van der Waals surface area contributed by atoms with Gasteiger partial charge in [-0.2, -0.15) is 4.98 Å². The number of hydrogen-bond donors (Lipinski definition) is 2. The van der Waals surface area contributed by atoms with Crippen LogP contribution in [0.5, 0.6) is 0 Å². The van der Waals surface area contributed by atoms with Crippen LogP contribution in [0, 0.1) is 0 Å². The number of aryl methyl sites for hydroxylation is 2. The van der Waals surface area contributed by atoms with Crippen molar-refractivity contribution in [2.75, 3.05) is 12.4 Å². The van der Waals surface area contributed by atoms with E-state index in [9.17, 15) is 9.59 Å². The number of H-pyrrole nitrogens is 1. The van der Waals surface area contributed by atoms with Crippen LogP contribution in [0.15, 0.2) is 9.59 Å². The number of unbranched alkanes of at least 4 members (excludes halogenated alkanes) is 9. The lowest BCUT2D eigenvalue weighted by molar-refractivity contribution is 0.539. The number of hydrogen-bond acceptors (Lipinski definition) is 4. The van der Waals surface area contributed by atoms with Gasteiger partial charge in [0.1, 0.15) is 0 Å². The molecule has 26 heavy (non-hydrogen) atoms. The summed E-state index contributed by atoms with van der Waals surface area (Å²) in [5, 5.41) is 3.03. The molecule has 0 saturated carbocycles. The molecule has 2 aromatic heterocycles. The zero-order chi connectivity index (χ0) is 18.9. The van der Waals surface area contributed by atoms with Crippen LogP contribution in [0.4, 0.5) is 5.95 Å². The fourth-order valence-electron chi connectivity index (χ4n) is 3.40. The molecular formula is C19H33N5O2. The first-order chi connectivity index (χ1) is 12.6. The largest absolute Gasteiger partial charge is 0.359 e. The van der Waals surface area contributed by atoms with Crippen molar-refractivity contribution in [1.82, 2.24) is 19.1 Å². The third kappa shape index (κ3) is 4.99. The van der Waals surface area contributed by atoms with Crippen LogP contribution in [-0.4, -0.2) is 26.1 Å². The van der Waals surface area contributed by atoms with Crippen LogP contribution in [0.2, 0.25) is 0 Å². The normalized spacial score (nSPS) is 11.3. The predicted molar refractivity (Wildman–Crippen MR) is 107 cm³/mol.